The maximum atomic E-state index is 12.5. The number of hydrogen-bond donors (Lipinski definition) is 2. The van der Waals surface area contributed by atoms with Crippen molar-refractivity contribution in [2.75, 3.05) is 18.8 Å². The lowest BCUT2D eigenvalue weighted by molar-refractivity contribution is 0.129. The summed E-state index contributed by atoms with van der Waals surface area (Å²) in [6.45, 7) is 0.892. The van der Waals surface area contributed by atoms with Crippen molar-refractivity contribution < 1.29 is 13.5 Å². The number of sulfonamides is 1. The number of anilines is 1. The quantitative estimate of drug-likeness (QED) is 0.799. The Kier molecular flexibility index (Phi) is 2.99. The van der Waals surface area contributed by atoms with Gasteiger partial charge in [0.25, 0.3) is 0 Å². The van der Waals surface area contributed by atoms with Crippen LogP contribution in [0.1, 0.15) is 12.8 Å². The van der Waals surface area contributed by atoms with E-state index in [-0.39, 0.29) is 28.7 Å². The molecule has 0 radical (unpaired) electrons. The van der Waals surface area contributed by atoms with Crippen LogP contribution in [0.3, 0.4) is 0 Å². The van der Waals surface area contributed by atoms with Crippen LogP contribution in [-0.2, 0) is 10.0 Å². The van der Waals surface area contributed by atoms with Crippen LogP contribution in [0.5, 0.6) is 0 Å². The Morgan fingerprint density at radius 1 is 1.37 bits per heavy atom. The van der Waals surface area contributed by atoms with Crippen molar-refractivity contribution in [3.05, 3.63) is 18.3 Å². The fraction of sp³-hybridized carbons (Fsp3) is 0.583. The summed E-state index contributed by atoms with van der Waals surface area (Å²) in [5.74, 6) is 0.554. The van der Waals surface area contributed by atoms with Crippen molar-refractivity contribution in [3.63, 3.8) is 0 Å². The SMILES string of the molecule is Nc1cc(S(=O)(=O)N2CC3CCC(O)C3C2)ccn1. The molecule has 2 heterocycles. The third-order valence-electron chi connectivity index (χ3n) is 4.18. The van der Waals surface area contributed by atoms with Crippen molar-refractivity contribution >= 4 is 15.8 Å². The molecular formula is C12H17N3O3S. The van der Waals surface area contributed by atoms with Gasteiger partial charge in [-0.3, -0.25) is 0 Å². The van der Waals surface area contributed by atoms with Gasteiger partial charge in [-0.15, -0.1) is 0 Å². The standard InChI is InChI=1S/C12H17N3O3S/c13-12-5-9(3-4-14-12)19(17,18)15-6-8-1-2-11(16)10(8)7-15/h3-5,8,10-11,16H,1-2,6-7H2,(H2,13,14). The lowest BCUT2D eigenvalue weighted by atomic mass is 10.00. The van der Waals surface area contributed by atoms with Crippen LogP contribution in [0, 0.1) is 11.8 Å². The van der Waals surface area contributed by atoms with E-state index in [9.17, 15) is 13.5 Å². The summed E-state index contributed by atoms with van der Waals surface area (Å²) in [5, 5.41) is 9.85. The van der Waals surface area contributed by atoms with Gasteiger partial charge in [-0.1, -0.05) is 0 Å². The Morgan fingerprint density at radius 3 is 2.84 bits per heavy atom. The van der Waals surface area contributed by atoms with Crippen LogP contribution in [0.15, 0.2) is 23.2 Å². The van der Waals surface area contributed by atoms with Gasteiger partial charge in [-0.25, -0.2) is 13.4 Å². The fourth-order valence-electron chi connectivity index (χ4n) is 3.13. The first-order chi connectivity index (χ1) is 8.98. The molecule has 0 aromatic carbocycles. The normalized spacial score (nSPS) is 31.5. The number of nitrogens with two attached hydrogens (primary N) is 1. The summed E-state index contributed by atoms with van der Waals surface area (Å²) in [5.41, 5.74) is 5.53. The van der Waals surface area contributed by atoms with E-state index >= 15 is 0 Å². The molecule has 3 unspecified atom stereocenters. The average Bonchev–Trinajstić information content (AvgIpc) is 2.92. The second-order valence-electron chi connectivity index (χ2n) is 5.31. The number of aliphatic hydroxyl groups excluding tert-OH is 1. The minimum Gasteiger partial charge on any atom is -0.393 e. The summed E-state index contributed by atoms with van der Waals surface area (Å²) in [4.78, 5) is 3.98. The summed E-state index contributed by atoms with van der Waals surface area (Å²) >= 11 is 0. The number of nitrogens with zero attached hydrogens (tertiary/aromatic N) is 2. The highest BCUT2D eigenvalue weighted by molar-refractivity contribution is 7.89. The molecule has 0 bridgehead atoms. The molecule has 0 amide bonds. The van der Waals surface area contributed by atoms with Gasteiger partial charge in [0.05, 0.1) is 11.0 Å². The largest absolute Gasteiger partial charge is 0.393 e. The maximum Gasteiger partial charge on any atom is 0.243 e. The monoisotopic (exact) mass is 283 g/mol. The smallest absolute Gasteiger partial charge is 0.243 e. The molecule has 19 heavy (non-hydrogen) atoms. The zero-order chi connectivity index (χ0) is 13.6. The molecular weight excluding hydrogens is 266 g/mol. The number of hydrogen-bond acceptors (Lipinski definition) is 5. The van der Waals surface area contributed by atoms with Gasteiger partial charge in [0, 0.05) is 31.3 Å². The number of aromatic nitrogens is 1. The Bertz CT molecular complexity index is 590. The topological polar surface area (TPSA) is 96.5 Å². The highest BCUT2D eigenvalue weighted by Gasteiger charge is 2.45. The molecule has 6 nitrogen and oxygen atoms in total. The van der Waals surface area contributed by atoms with Crippen LogP contribution >= 0.6 is 0 Å². The summed E-state index contributed by atoms with van der Waals surface area (Å²) < 4.78 is 26.4. The Balaban J connectivity index is 1.87. The number of aliphatic hydroxyl groups is 1. The first kappa shape index (κ1) is 12.8. The van der Waals surface area contributed by atoms with Gasteiger partial charge >= 0.3 is 0 Å². The second-order valence-corrected chi connectivity index (χ2v) is 7.24. The Hall–Kier alpha value is -1.18. The number of fused-ring (bicyclic) bond motifs is 1. The molecule has 3 rings (SSSR count). The van der Waals surface area contributed by atoms with E-state index in [1.807, 2.05) is 0 Å². The van der Waals surface area contributed by atoms with E-state index < -0.39 is 10.0 Å². The predicted molar refractivity (Wildman–Crippen MR) is 69.6 cm³/mol. The highest BCUT2D eigenvalue weighted by Crippen LogP contribution is 2.40. The third-order valence-corrected chi connectivity index (χ3v) is 6.00. The van der Waals surface area contributed by atoms with E-state index in [2.05, 4.69) is 4.98 Å². The highest BCUT2D eigenvalue weighted by atomic mass is 32.2. The molecule has 1 saturated carbocycles. The average molecular weight is 283 g/mol. The lowest BCUT2D eigenvalue weighted by Crippen LogP contribution is -2.31. The zero-order valence-electron chi connectivity index (χ0n) is 10.4. The molecule has 1 aromatic heterocycles. The summed E-state index contributed by atoms with van der Waals surface area (Å²) in [6, 6.07) is 2.83. The Morgan fingerprint density at radius 2 is 2.16 bits per heavy atom. The first-order valence-electron chi connectivity index (χ1n) is 6.38. The van der Waals surface area contributed by atoms with Crippen LogP contribution < -0.4 is 5.73 Å². The van der Waals surface area contributed by atoms with Crippen LogP contribution in [0.25, 0.3) is 0 Å². The van der Waals surface area contributed by atoms with E-state index in [0.29, 0.717) is 13.1 Å². The van der Waals surface area contributed by atoms with Gasteiger partial charge < -0.3 is 10.8 Å². The molecule has 7 heteroatoms. The van der Waals surface area contributed by atoms with E-state index in [4.69, 9.17) is 5.73 Å². The van der Waals surface area contributed by atoms with E-state index in [1.54, 1.807) is 0 Å². The maximum absolute atomic E-state index is 12.5. The molecule has 1 aliphatic heterocycles. The van der Waals surface area contributed by atoms with Crippen molar-refractivity contribution in [1.29, 1.82) is 0 Å². The van der Waals surface area contributed by atoms with E-state index in [1.165, 1.54) is 22.6 Å². The van der Waals surface area contributed by atoms with Crippen molar-refractivity contribution in [3.8, 4) is 0 Å². The molecule has 0 spiro atoms. The van der Waals surface area contributed by atoms with Crippen molar-refractivity contribution in [2.45, 2.75) is 23.8 Å². The molecule has 2 aliphatic rings. The van der Waals surface area contributed by atoms with Crippen LogP contribution in [0.4, 0.5) is 5.82 Å². The van der Waals surface area contributed by atoms with Crippen LogP contribution in [-0.4, -0.2) is 42.0 Å². The molecule has 3 atom stereocenters. The molecule has 1 aliphatic carbocycles. The van der Waals surface area contributed by atoms with Gasteiger partial charge in [-0.2, -0.15) is 4.31 Å². The van der Waals surface area contributed by atoms with Crippen molar-refractivity contribution in [2.24, 2.45) is 11.8 Å². The molecule has 3 N–H and O–H groups in total. The molecule has 104 valence electrons. The zero-order valence-corrected chi connectivity index (χ0v) is 11.3. The van der Waals surface area contributed by atoms with Gasteiger partial charge in [0.2, 0.25) is 10.0 Å². The minimum absolute atomic E-state index is 0.0777. The van der Waals surface area contributed by atoms with Gasteiger partial charge in [0.1, 0.15) is 5.82 Å². The number of rotatable bonds is 2. The lowest BCUT2D eigenvalue weighted by Gasteiger charge is -2.18. The molecule has 1 saturated heterocycles. The molecule has 2 fully saturated rings. The van der Waals surface area contributed by atoms with Gasteiger partial charge in [0.15, 0.2) is 0 Å². The molecule has 1 aromatic rings. The summed E-state index contributed by atoms with van der Waals surface area (Å²) in [7, 11) is -3.52. The number of pyridine rings is 1. The second kappa shape index (κ2) is 4.43. The number of nitrogen functional groups attached to an aromatic ring is 1. The third kappa shape index (κ3) is 2.11. The summed E-state index contributed by atoms with van der Waals surface area (Å²) in [6.07, 6.45) is 2.71. The fourth-order valence-corrected chi connectivity index (χ4v) is 4.69. The van der Waals surface area contributed by atoms with Gasteiger partial charge in [-0.05, 0) is 24.8 Å². The predicted octanol–water partition coefficient (Wildman–Crippen LogP) is 0.0552. The Labute approximate surface area is 112 Å². The van der Waals surface area contributed by atoms with Crippen LogP contribution in [0.2, 0.25) is 0 Å². The minimum atomic E-state index is -3.52. The first-order valence-corrected chi connectivity index (χ1v) is 7.82. The van der Waals surface area contributed by atoms with E-state index in [0.717, 1.165) is 12.8 Å². The van der Waals surface area contributed by atoms with Crippen molar-refractivity contribution in [1.82, 2.24) is 9.29 Å².